The van der Waals surface area contributed by atoms with Gasteiger partial charge in [0.05, 0.1) is 5.92 Å². The molecule has 1 aromatic carbocycles. The summed E-state index contributed by atoms with van der Waals surface area (Å²) in [7, 11) is 0. The Hall–Kier alpha value is -2.67. The molecule has 34 heavy (non-hydrogen) atoms. The Balaban J connectivity index is 1.44. The SMILES string of the molecule is CC(C)(CC(=O)N1CCCC2C(C(=O)O)CCCC21)c1c[nH]c2cccc(-c3ccc(F)s3)c12. The molecule has 2 aromatic heterocycles. The van der Waals surface area contributed by atoms with Gasteiger partial charge in [-0.15, -0.1) is 11.3 Å². The second-order valence-corrected chi connectivity index (χ2v) is 11.5. The molecule has 3 unspecified atom stereocenters. The molecule has 5 rings (SSSR count). The van der Waals surface area contributed by atoms with Gasteiger partial charge in [0.25, 0.3) is 0 Å². The Morgan fingerprint density at radius 2 is 2.00 bits per heavy atom. The molecule has 1 saturated carbocycles. The van der Waals surface area contributed by atoms with Gasteiger partial charge in [-0.05, 0) is 55.4 Å². The Kier molecular flexibility index (Phi) is 6.00. The number of hydrogen-bond donors (Lipinski definition) is 2. The van der Waals surface area contributed by atoms with E-state index in [2.05, 4.69) is 18.8 Å². The van der Waals surface area contributed by atoms with E-state index in [1.165, 1.54) is 6.07 Å². The van der Waals surface area contributed by atoms with Gasteiger partial charge in [-0.3, -0.25) is 9.59 Å². The zero-order valence-electron chi connectivity index (χ0n) is 19.6. The Bertz CT molecular complexity index is 1230. The van der Waals surface area contributed by atoms with Crippen LogP contribution in [0.25, 0.3) is 21.3 Å². The molecule has 3 aromatic rings. The number of halogens is 1. The van der Waals surface area contributed by atoms with Crippen LogP contribution in [0.1, 0.15) is 57.9 Å². The van der Waals surface area contributed by atoms with Crippen LogP contribution in [0.2, 0.25) is 0 Å². The van der Waals surface area contributed by atoms with Crippen molar-refractivity contribution in [1.82, 2.24) is 9.88 Å². The third-order valence-corrected chi connectivity index (χ3v) is 8.77. The third kappa shape index (κ3) is 4.04. The lowest BCUT2D eigenvalue weighted by molar-refractivity contribution is -0.152. The lowest BCUT2D eigenvalue weighted by Crippen LogP contribution is -2.54. The standard InChI is InChI=1S/C27H31FN2O3S/c1-27(2,14-24(31)30-13-5-8-16-17(26(32)33)6-4-10-21(16)30)19-15-29-20-9-3-7-18(25(19)20)22-11-12-23(28)34-22/h3,7,9,11-12,15-17,21,29H,4-6,8,10,13-14H2,1-2H3,(H,32,33). The number of H-pyrrole nitrogens is 1. The molecule has 7 heteroatoms. The summed E-state index contributed by atoms with van der Waals surface area (Å²) in [6.07, 6.45) is 6.53. The van der Waals surface area contributed by atoms with E-state index in [0.29, 0.717) is 19.4 Å². The highest BCUT2D eigenvalue weighted by atomic mass is 32.1. The number of piperidine rings is 1. The number of carbonyl (C=O) groups is 2. The molecular formula is C27H31FN2O3S. The van der Waals surface area contributed by atoms with Crippen molar-refractivity contribution in [3.05, 3.63) is 47.2 Å². The first kappa shape index (κ1) is 23.1. The monoisotopic (exact) mass is 482 g/mol. The molecule has 2 fully saturated rings. The molecule has 5 nitrogen and oxygen atoms in total. The number of nitrogens with one attached hydrogen (secondary N) is 1. The predicted molar refractivity (Wildman–Crippen MR) is 132 cm³/mol. The summed E-state index contributed by atoms with van der Waals surface area (Å²) in [4.78, 5) is 31.7. The van der Waals surface area contributed by atoms with Gasteiger partial charge in [-0.1, -0.05) is 32.4 Å². The largest absolute Gasteiger partial charge is 0.481 e. The molecule has 1 aliphatic heterocycles. The summed E-state index contributed by atoms with van der Waals surface area (Å²) in [6, 6.07) is 9.30. The average Bonchev–Trinajstić information content (AvgIpc) is 3.44. The van der Waals surface area contributed by atoms with Crippen LogP contribution in [0.15, 0.2) is 36.5 Å². The number of thiophene rings is 1. The first-order chi connectivity index (χ1) is 16.3. The fraction of sp³-hybridized carbons (Fsp3) is 0.481. The first-order valence-corrected chi connectivity index (χ1v) is 13.0. The van der Waals surface area contributed by atoms with Crippen molar-refractivity contribution in [2.24, 2.45) is 11.8 Å². The molecule has 1 aliphatic carbocycles. The van der Waals surface area contributed by atoms with Gasteiger partial charge in [0.1, 0.15) is 0 Å². The van der Waals surface area contributed by atoms with E-state index in [1.807, 2.05) is 29.3 Å². The zero-order chi connectivity index (χ0) is 24.0. The maximum atomic E-state index is 13.8. The molecular weight excluding hydrogens is 451 g/mol. The zero-order valence-corrected chi connectivity index (χ0v) is 20.5. The number of aliphatic carboxylic acids is 1. The van der Waals surface area contributed by atoms with Crippen LogP contribution in [-0.2, 0) is 15.0 Å². The molecule has 180 valence electrons. The Morgan fingerprint density at radius 1 is 1.18 bits per heavy atom. The maximum Gasteiger partial charge on any atom is 0.306 e. The highest BCUT2D eigenvalue weighted by molar-refractivity contribution is 7.14. The summed E-state index contributed by atoms with van der Waals surface area (Å²) in [5.74, 6) is -0.911. The number of rotatable bonds is 5. The third-order valence-electron chi connectivity index (χ3n) is 7.87. The summed E-state index contributed by atoms with van der Waals surface area (Å²) in [5.41, 5.74) is 2.53. The van der Waals surface area contributed by atoms with E-state index in [-0.39, 0.29) is 28.9 Å². The van der Waals surface area contributed by atoms with Gasteiger partial charge in [0, 0.05) is 52.0 Å². The van der Waals surface area contributed by atoms with E-state index in [9.17, 15) is 19.1 Å². The summed E-state index contributed by atoms with van der Waals surface area (Å²) >= 11 is 1.13. The number of hydrogen-bond acceptors (Lipinski definition) is 3. The number of carboxylic acid groups (broad SMARTS) is 1. The van der Waals surface area contributed by atoms with Crippen molar-refractivity contribution in [3.8, 4) is 10.4 Å². The van der Waals surface area contributed by atoms with Gasteiger partial charge in [0.2, 0.25) is 5.91 Å². The molecule has 0 spiro atoms. The van der Waals surface area contributed by atoms with Crippen LogP contribution < -0.4 is 0 Å². The minimum absolute atomic E-state index is 0.0273. The van der Waals surface area contributed by atoms with Crippen molar-refractivity contribution in [3.63, 3.8) is 0 Å². The lowest BCUT2D eigenvalue weighted by atomic mass is 9.70. The minimum atomic E-state index is -0.722. The van der Waals surface area contributed by atoms with Crippen LogP contribution >= 0.6 is 11.3 Å². The summed E-state index contributed by atoms with van der Waals surface area (Å²) < 4.78 is 13.8. The maximum absolute atomic E-state index is 13.8. The lowest BCUT2D eigenvalue weighted by Gasteiger charge is -2.47. The normalized spacial score (nSPS) is 23.1. The molecule has 1 saturated heterocycles. The highest BCUT2D eigenvalue weighted by Crippen LogP contribution is 2.43. The van der Waals surface area contributed by atoms with Crippen LogP contribution in [0.4, 0.5) is 4.39 Å². The van der Waals surface area contributed by atoms with E-state index >= 15 is 0 Å². The van der Waals surface area contributed by atoms with E-state index in [1.54, 1.807) is 6.07 Å². The number of likely N-dealkylation sites (tertiary alicyclic amines) is 1. The van der Waals surface area contributed by atoms with Crippen LogP contribution in [0.3, 0.4) is 0 Å². The minimum Gasteiger partial charge on any atom is -0.481 e. The second-order valence-electron chi connectivity index (χ2n) is 10.4. The molecule has 3 atom stereocenters. The summed E-state index contributed by atoms with van der Waals surface area (Å²) in [5, 5.41) is 10.5. The molecule has 0 radical (unpaired) electrons. The predicted octanol–water partition coefficient (Wildman–Crippen LogP) is 6.20. The van der Waals surface area contributed by atoms with Gasteiger partial charge in [-0.2, -0.15) is 4.39 Å². The number of nitrogens with zero attached hydrogens (tertiary/aromatic N) is 1. The van der Waals surface area contributed by atoms with Gasteiger partial charge in [-0.25, -0.2) is 0 Å². The quantitative estimate of drug-likeness (QED) is 0.455. The first-order valence-electron chi connectivity index (χ1n) is 12.1. The van der Waals surface area contributed by atoms with E-state index < -0.39 is 11.4 Å². The summed E-state index contributed by atoms with van der Waals surface area (Å²) in [6.45, 7) is 4.87. The Labute approximate surface area is 203 Å². The smallest absolute Gasteiger partial charge is 0.306 e. The van der Waals surface area contributed by atoms with Crippen molar-refractivity contribution < 1.29 is 19.1 Å². The number of fused-ring (bicyclic) bond motifs is 2. The van der Waals surface area contributed by atoms with Crippen molar-refractivity contribution >= 4 is 34.1 Å². The van der Waals surface area contributed by atoms with E-state index in [4.69, 9.17) is 0 Å². The van der Waals surface area contributed by atoms with Crippen LogP contribution in [0, 0.1) is 17.0 Å². The number of aromatic nitrogens is 1. The molecule has 2 aliphatic rings. The van der Waals surface area contributed by atoms with Gasteiger partial charge >= 0.3 is 5.97 Å². The van der Waals surface area contributed by atoms with Crippen molar-refractivity contribution in [2.45, 2.75) is 63.8 Å². The van der Waals surface area contributed by atoms with Gasteiger partial charge < -0.3 is 15.0 Å². The molecule has 3 heterocycles. The van der Waals surface area contributed by atoms with Crippen molar-refractivity contribution in [1.29, 1.82) is 0 Å². The van der Waals surface area contributed by atoms with Crippen LogP contribution in [0.5, 0.6) is 0 Å². The molecule has 0 bridgehead atoms. The van der Waals surface area contributed by atoms with Gasteiger partial charge in [0.15, 0.2) is 5.13 Å². The number of carbonyl (C=O) groups excluding carboxylic acids is 1. The number of benzene rings is 1. The molecule has 2 N–H and O–H groups in total. The number of carboxylic acids is 1. The highest BCUT2D eigenvalue weighted by Gasteiger charge is 2.44. The molecule has 1 amide bonds. The second kappa shape index (κ2) is 8.84. The number of aromatic amines is 1. The van der Waals surface area contributed by atoms with Crippen molar-refractivity contribution in [2.75, 3.05) is 6.54 Å². The topological polar surface area (TPSA) is 73.4 Å². The number of amides is 1. The fourth-order valence-electron chi connectivity index (χ4n) is 6.26. The average molecular weight is 483 g/mol. The fourth-order valence-corrected chi connectivity index (χ4v) is 7.02. The Morgan fingerprint density at radius 3 is 2.74 bits per heavy atom. The van der Waals surface area contributed by atoms with Crippen LogP contribution in [-0.4, -0.2) is 39.5 Å². The van der Waals surface area contributed by atoms with E-state index in [0.717, 1.165) is 63.9 Å².